The number of ether oxygens (including phenoxy) is 2. The summed E-state index contributed by atoms with van der Waals surface area (Å²) in [6.45, 7) is 0. The minimum atomic E-state index is -0.474. The summed E-state index contributed by atoms with van der Waals surface area (Å²) < 4.78 is 11.3. The molecule has 3 rings (SSSR count). The third-order valence-corrected chi connectivity index (χ3v) is 2.99. The van der Waals surface area contributed by atoms with Crippen molar-refractivity contribution in [3.05, 3.63) is 59.7 Å². The molecule has 0 saturated carbocycles. The second kappa shape index (κ2) is 4.65. The second-order valence-electron chi connectivity index (χ2n) is 4.38. The summed E-state index contributed by atoms with van der Waals surface area (Å²) in [7, 11) is 0. The maximum atomic E-state index is 11.1. The molecule has 1 unspecified atom stereocenters. The molecule has 96 valence electrons. The van der Waals surface area contributed by atoms with Gasteiger partial charge in [-0.2, -0.15) is 0 Å². The van der Waals surface area contributed by atoms with E-state index in [0.29, 0.717) is 23.5 Å². The first-order valence-electron chi connectivity index (χ1n) is 6.03. The van der Waals surface area contributed by atoms with Crippen molar-refractivity contribution < 1.29 is 14.3 Å². The number of primary amides is 1. The van der Waals surface area contributed by atoms with Gasteiger partial charge < -0.3 is 15.2 Å². The van der Waals surface area contributed by atoms with Gasteiger partial charge in [-0.05, 0) is 23.8 Å². The number of carbonyl (C=O) groups is 1. The van der Waals surface area contributed by atoms with Gasteiger partial charge in [0, 0.05) is 12.0 Å². The number of nitrogens with two attached hydrogens (primary N) is 1. The average Bonchev–Trinajstić information content (AvgIpc) is 2.80. The van der Waals surface area contributed by atoms with Gasteiger partial charge in [-0.25, -0.2) is 0 Å². The van der Waals surface area contributed by atoms with Crippen molar-refractivity contribution in [1.29, 1.82) is 0 Å². The molecule has 1 aliphatic heterocycles. The molecule has 1 amide bonds. The standard InChI is InChI=1S/C15H13NO3/c16-15(17)11-6-7-12-13(9-11)19-14(18-12)8-10-4-2-1-3-5-10/h1-7,9,14H,8H2,(H2,16,17). The smallest absolute Gasteiger partial charge is 0.248 e. The number of rotatable bonds is 3. The third kappa shape index (κ3) is 2.38. The van der Waals surface area contributed by atoms with Crippen LogP contribution in [0.2, 0.25) is 0 Å². The summed E-state index contributed by atoms with van der Waals surface area (Å²) in [6.07, 6.45) is 0.294. The normalized spacial score (nSPS) is 16.3. The fourth-order valence-electron chi connectivity index (χ4n) is 2.05. The third-order valence-electron chi connectivity index (χ3n) is 2.99. The van der Waals surface area contributed by atoms with Gasteiger partial charge in [0.15, 0.2) is 11.5 Å². The fraction of sp³-hybridized carbons (Fsp3) is 0.133. The first-order valence-corrected chi connectivity index (χ1v) is 6.03. The molecule has 1 atom stereocenters. The van der Waals surface area contributed by atoms with Crippen LogP contribution in [0.3, 0.4) is 0 Å². The van der Waals surface area contributed by atoms with E-state index >= 15 is 0 Å². The average molecular weight is 255 g/mol. The highest BCUT2D eigenvalue weighted by Crippen LogP contribution is 2.36. The van der Waals surface area contributed by atoms with E-state index in [1.807, 2.05) is 30.3 Å². The molecule has 1 aliphatic rings. The number of amides is 1. The number of fused-ring (bicyclic) bond motifs is 1. The molecule has 0 bridgehead atoms. The summed E-state index contributed by atoms with van der Waals surface area (Å²) in [5, 5.41) is 0. The van der Waals surface area contributed by atoms with Crippen molar-refractivity contribution >= 4 is 5.91 Å². The number of benzene rings is 2. The van der Waals surface area contributed by atoms with Gasteiger partial charge in [-0.3, -0.25) is 4.79 Å². The van der Waals surface area contributed by atoms with Crippen LogP contribution >= 0.6 is 0 Å². The molecule has 19 heavy (non-hydrogen) atoms. The Kier molecular flexibility index (Phi) is 2.83. The largest absolute Gasteiger partial charge is 0.451 e. The molecule has 0 aliphatic carbocycles. The zero-order chi connectivity index (χ0) is 13.2. The first kappa shape index (κ1) is 11.6. The number of carbonyl (C=O) groups excluding carboxylic acids is 1. The van der Waals surface area contributed by atoms with Crippen LogP contribution in [0, 0.1) is 0 Å². The van der Waals surface area contributed by atoms with Gasteiger partial charge in [0.2, 0.25) is 12.2 Å². The minimum absolute atomic E-state index is 0.361. The Morgan fingerprint density at radius 1 is 1.05 bits per heavy atom. The lowest BCUT2D eigenvalue weighted by Gasteiger charge is -2.09. The van der Waals surface area contributed by atoms with Crippen LogP contribution in [-0.2, 0) is 6.42 Å². The molecule has 2 aromatic rings. The summed E-state index contributed by atoms with van der Waals surface area (Å²) in [4.78, 5) is 11.1. The summed E-state index contributed by atoms with van der Waals surface area (Å²) >= 11 is 0. The van der Waals surface area contributed by atoms with Crippen molar-refractivity contribution in [2.24, 2.45) is 5.73 Å². The summed E-state index contributed by atoms with van der Waals surface area (Å²) in [5.41, 5.74) is 6.78. The fourth-order valence-corrected chi connectivity index (χ4v) is 2.05. The Balaban J connectivity index is 1.75. The van der Waals surface area contributed by atoms with Crippen LogP contribution in [0.1, 0.15) is 15.9 Å². The van der Waals surface area contributed by atoms with Crippen LogP contribution in [0.5, 0.6) is 11.5 Å². The zero-order valence-corrected chi connectivity index (χ0v) is 10.2. The van der Waals surface area contributed by atoms with E-state index in [2.05, 4.69) is 0 Å². The first-order chi connectivity index (χ1) is 9.22. The molecule has 2 N–H and O–H groups in total. The van der Waals surface area contributed by atoms with Gasteiger partial charge in [-0.15, -0.1) is 0 Å². The molecule has 0 spiro atoms. The van der Waals surface area contributed by atoms with Crippen LogP contribution in [-0.4, -0.2) is 12.2 Å². The predicted molar refractivity (Wildman–Crippen MR) is 70.1 cm³/mol. The molecule has 2 aromatic carbocycles. The Labute approximate surface area is 110 Å². The maximum absolute atomic E-state index is 11.1. The molecule has 0 aromatic heterocycles. The van der Waals surface area contributed by atoms with E-state index in [1.165, 1.54) is 0 Å². The Bertz CT molecular complexity index is 610. The highest BCUT2D eigenvalue weighted by atomic mass is 16.7. The molecule has 0 fully saturated rings. The zero-order valence-electron chi connectivity index (χ0n) is 10.2. The SMILES string of the molecule is NC(=O)c1ccc2c(c1)OC(Cc1ccccc1)O2. The Hall–Kier alpha value is -2.49. The molecule has 1 heterocycles. The lowest BCUT2D eigenvalue weighted by Crippen LogP contribution is -2.20. The monoisotopic (exact) mass is 255 g/mol. The predicted octanol–water partition coefficient (Wildman–Crippen LogP) is 2.13. The van der Waals surface area contributed by atoms with Gasteiger partial charge in [-0.1, -0.05) is 30.3 Å². The molecule has 4 nitrogen and oxygen atoms in total. The molecule has 0 saturated heterocycles. The van der Waals surface area contributed by atoms with E-state index < -0.39 is 5.91 Å². The Morgan fingerprint density at radius 2 is 1.79 bits per heavy atom. The van der Waals surface area contributed by atoms with Gasteiger partial charge in [0.05, 0.1) is 0 Å². The van der Waals surface area contributed by atoms with E-state index in [9.17, 15) is 4.79 Å². The van der Waals surface area contributed by atoms with Gasteiger partial charge >= 0.3 is 0 Å². The van der Waals surface area contributed by atoms with Gasteiger partial charge in [0.25, 0.3) is 0 Å². The van der Waals surface area contributed by atoms with Crippen molar-refractivity contribution in [3.8, 4) is 11.5 Å². The maximum Gasteiger partial charge on any atom is 0.248 e. The second-order valence-corrected chi connectivity index (χ2v) is 4.38. The van der Waals surface area contributed by atoms with Crippen LogP contribution in [0.15, 0.2) is 48.5 Å². The van der Waals surface area contributed by atoms with Crippen molar-refractivity contribution in [2.75, 3.05) is 0 Å². The quantitative estimate of drug-likeness (QED) is 0.913. The molecule has 0 radical (unpaired) electrons. The minimum Gasteiger partial charge on any atom is -0.451 e. The lowest BCUT2D eigenvalue weighted by molar-refractivity contribution is 0.0502. The van der Waals surface area contributed by atoms with Crippen molar-refractivity contribution in [2.45, 2.75) is 12.7 Å². The van der Waals surface area contributed by atoms with Gasteiger partial charge in [0.1, 0.15) is 0 Å². The molecule has 4 heteroatoms. The summed E-state index contributed by atoms with van der Waals surface area (Å²) in [5.74, 6) is 0.737. The molecular weight excluding hydrogens is 242 g/mol. The highest BCUT2D eigenvalue weighted by molar-refractivity contribution is 5.93. The number of hydrogen-bond donors (Lipinski definition) is 1. The van der Waals surface area contributed by atoms with Crippen molar-refractivity contribution in [1.82, 2.24) is 0 Å². The summed E-state index contributed by atoms with van der Waals surface area (Å²) in [6, 6.07) is 14.9. The highest BCUT2D eigenvalue weighted by Gasteiger charge is 2.25. The van der Waals surface area contributed by atoms with E-state index in [4.69, 9.17) is 15.2 Å². The van der Waals surface area contributed by atoms with E-state index in [1.54, 1.807) is 18.2 Å². The lowest BCUT2D eigenvalue weighted by atomic mass is 10.1. The van der Waals surface area contributed by atoms with Crippen LogP contribution in [0.25, 0.3) is 0 Å². The van der Waals surface area contributed by atoms with E-state index in [0.717, 1.165) is 5.56 Å². The topological polar surface area (TPSA) is 61.6 Å². The van der Waals surface area contributed by atoms with E-state index in [-0.39, 0.29) is 6.29 Å². The van der Waals surface area contributed by atoms with Crippen LogP contribution in [0.4, 0.5) is 0 Å². The Morgan fingerprint density at radius 3 is 2.53 bits per heavy atom. The van der Waals surface area contributed by atoms with Crippen LogP contribution < -0.4 is 15.2 Å². The van der Waals surface area contributed by atoms with Crippen molar-refractivity contribution in [3.63, 3.8) is 0 Å². The molecular formula is C15H13NO3. The number of hydrogen-bond acceptors (Lipinski definition) is 3.